The van der Waals surface area contributed by atoms with Crippen molar-refractivity contribution in [2.45, 2.75) is 27.7 Å². The van der Waals surface area contributed by atoms with Gasteiger partial charge in [0.05, 0.1) is 31.3 Å². The maximum absolute atomic E-state index is 11.9. The van der Waals surface area contributed by atoms with Gasteiger partial charge in [0.2, 0.25) is 0 Å². The molecular formula is C24H18N2O4S3. The summed E-state index contributed by atoms with van der Waals surface area (Å²) in [4.78, 5) is 53.7. The van der Waals surface area contributed by atoms with E-state index in [0.717, 1.165) is 29.9 Å². The van der Waals surface area contributed by atoms with E-state index >= 15 is 0 Å². The molecule has 0 unspecified atom stereocenters. The second kappa shape index (κ2) is 7.72. The predicted molar refractivity (Wildman–Crippen MR) is 137 cm³/mol. The van der Waals surface area contributed by atoms with Gasteiger partial charge in [0.1, 0.15) is 0 Å². The quantitative estimate of drug-likeness (QED) is 0.290. The number of aromatic amines is 1. The number of imide groups is 1. The van der Waals surface area contributed by atoms with Crippen molar-refractivity contribution in [1.82, 2.24) is 10.3 Å². The summed E-state index contributed by atoms with van der Waals surface area (Å²) in [5.41, 5.74) is 0.405. The van der Waals surface area contributed by atoms with Gasteiger partial charge in [-0.25, -0.2) is 0 Å². The van der Waals surface area contributed by atoms with E-state index in [1.165, 1.54) is 9.75 Å². The average molecular weight is 495 g/mol. The fourth-order valence-electron chi connectivity index (χ4n) is 4.08. The SMILES string of the molecule is Cc1cc2c(=O)[nH]c(=O)c3cc(C)sc3c2s1.Cc1sc(C)c2cc3c(cc12)C(=O)NC3=O. The van der Waals surface area contributed by atoms with Crippen LogP contribution in [0.25, 0.3) is 30.9 Å². The van der Waals surface area contributed by atoms with Gasteiger partial charge >= 0.3 is 0 Å². The summed E-state index contributed by atoms with van der Waals surface area (Å²) in [5, 5.41) is 5.69. The van der Waals surface area contributed by atoms with Crippen LogP contribution in [0.4, 0.5) is 0 Å². The lowest BCUT2D eigenvalue weighted by Crippen LogP contribution is -2.19. The number of amides is 2. The maximum atomic E-state index is 11.9. The summed E-state index contributed by atoms with van der Waals surface area (Å²) in [7, 11) is 0. The Labute approximate surface area is 199 Å². The number of thiophene rings is 3. The summed E-state index contributed by atoms with van der Waals surface area (Å²) >= 11 is 4.82. The van der Waals surface area contributed by atoms with Crippen LogP contribution in [-0.4, -0.2) is 16.8 Å². The first kappa shape index (κ1) is 21.7. The first-order valence-corrected chi connectivity index (χ1v) is 12.6. The van der Waals surface area contributed by atoms with Crippen molar-refractivity contribution in [2.75, 3.05) is 0 Å². The highest BCUT2D eigenvalue weighted by atomic mass is 32.1. The summed E-state index contributed by atoms with van der Waals surface area (Å²) in [5.74, 6) is -0.574. The van der Waals surface area contributed by atoms with Gasteiger partial charge in [0.15, 0.2) is 0 Å². The molecule has 6 nitrogen and oxygen atoms in total. The Kier molecular flexibility index (Phi) is 5.08. The summed E-state index contributed by atoms with van der Waals surface area (Å²) in [6.07, 6.45) is 0. The van der Waals surface area contributed by atoms with E-state index < -0.39 is 0 Å². The molecule has 5 heterocycles. The van der Waals surface area contributed by atoms with E-state index in [-0.39, 0.29) is 22.9 Å². The molecule has 33 heavy (non-hydrogen) atoms. The molecule has 2 N–H and O–H groups in total. The molecule has 1 aliphatic heterocycles. The smallest absolute Gasteiger partial charge is 0.259 e. The number of hydrogen-bond donors (Lipinski definition) is 2. The lowest BCUT2D eigenvalue weighted by Gasteiger charge is -1.97. The van der Waals surface area contributed by atoms with Crippen LogP contribution in [0.5, 0.6) is 0 Å². The number of benzene rings is 1. The van der Waals surface area contributed by atoms with Gasteiger partial charge in [-0.3, -0.25) is 29.5 Å². The molecule has 0 spiro atoms. The number of carbonyl (C=O) groups is 2. The minimum Gasteiger partial charge on any atom is -0.288 e. The Hall–Kier alpha value is -3.14. The fourth-order valence-corrected chi connectivity index (χ4v) is 7.27. The highest BCUT2D eigenvalue weighted by Crippen LogP contribution is 2.34. The first-order chi connectivity index (χ1) is 15.6. The number of aryl methyl sites for hydroxylation is 4. The Morgan fingerprint density at radius 1 is 0.576 bits per heavy atom. The van der Waals surface area contributed by atoms with E-state index in [9.17, 15) is 19.2 Å². The Morgan fingerprint density at radius 3 is 1.42 bits per heavy atom. The first-order valence-electron chi connectivity index (χ1n) is 10.1. The van der Waals surface area contributed by atoms with Crippen LogP contribution in [0.2, 0.25) is 0 Å². The minimum atomic E-state index is -0.296. The van der Waals surface area contributed by atoms with Gasteiger partial charge in [-0.2, -0.15) is 0 Å². The highest BCUT2D eigenvalue weighted by molar-refractivity contribution is 7.27. The van der Waals surface area contributed by atoms with E-state index in [4.69, 9.17) is 0 Å². The number of hydrogen-bond acceptors (Lipinski definition) is 7. The molecule has 0 aliphatic carbocycles. The van der Waals surface area contributed by atoms with Gasteiger partial charge in [-0.1, -0.05) is 0 Å². The number of rotatable bonds is 0. The van der Waals surface area contributed by atoms with Crippen LogP contribution >= 0.6 is 34.0 Å². The van der Waals surface area contributed by atoms with Crippen LogP contribution in [-0.2, 0) is 0 Å². The fraction of sp³-hybridized carbons (Fsp3) is 0.167. The molecule has 9 heteroatoms. The summed E-state index contributed by atoms with van der Waals surface area (Å²) in [6, 6.07) is 7.33. The number of carbonyl (C=O) groups excluding carboxylic acids is 2. The van der Waals surface area contributed by atoms with Crippen molar-refractivity contribution in [3.8, 4) is 0 Å². The van der Waals surface area contributed by atoms with Crippen LogP contribution in [0, 0.1) is 27.7 Å². The normalized spacial score (nSPS) is 12.8. The van der Waals surface area contributed by atoms with Crippen molar-refractivity contribution in [3.05, 3.63) is 75.6 Å². The van der Waals surface area contributed by atoms with Crippen molar-refractivity contribution < 1.29 is 9.59 Å². The molecule has 1 aliphatic rings. The molecule has 4 aromatic heterocycles. The van der Waals surface area contributed by atoms with Crippen LogP contribution in [0.15, 0.2) is 33.9 Å². The summed E-state index contributed by atoms with van der Waals surface area (Å²) in [6.45, 7) is 7.99. The van der Waals surface area contributed by atoms with E-state index in [1.54, 1.807) is 34.0 Å². The third-order valence-electron chi connectivity index (χ3n) is 5.57. The van der Waals surface area contributed by atoms with Crippen molar-refractivity contribution in [3.63, 3.8) is 0 Å². The van der Waals surface area contributed by atoms with E-state index in [2.05, 4.69) is 10.3 Å². The molecule has 0 radical (unpaired) electrons. The van der Waals surface area contributed by atoms with E-state index in [0.29, 0.717) is 21.9 Å². The van der Waals surface area contributed by atoms with Gasteiger partial charge in [0, 0.05) is 19.5 Å². The minimum absolute atomic E-state index is 0.287. The number of nitrogens with one attached hydrogen (secondary N) is 2. The van der Waals surface area contributed by atoms with Crippen LogP contribution < -0.4 is 16.4 Å². The molecular weight excluding hydrogens is 476 g/mol. The Balaban J connectivity index is 0.000000139. The topological polar surface area (TPSA) is 96.1 Å². The maximum Gasteiger partial charge on any atom is 0.259 e. The zero-order valence-corrected chi connectivity index (χ0v) is 20.6. The molecule has 6 rings (SSSR count). The monoisotopic (exact) mass is 494 g/mol. The standard InChI is InChI=1S/C12H9NO2S2.C12H9NO2S/c1-5-3-7-9(16-5)10-8(4-6(2)17-10)12(15)13-11(7)14;1-5-7-3-9-10(12(15)13-11(9)14)4-8(7)6(2)16-5/h3-4H,1-2H3,(H,13,14,15);3-4H,1-2H3,(H,13,14,15). The number of fused-ring (bicyclic) bond motifs is 5. The zero-order chi connectivity index (χ0) is 23.6. The molecule has 5 aromatic rings. The van der Waals surface area contributed by atoms with Crippen LogP contribution in [0.1, 0.15) is 40.2 Å². The Bertz CT molecular complexity index is 1640. The molecule has 166 valence electrons. The average Bonchev–Trinajstić information content (AvgIpc) is 3.46. The molecule has 0 saturated heterocycles. The second-order valence-electron chi connectivity index (χ2n) is 7.92. The van der Waals surface area contributed by atoms with E-state index in [1.807, 2.05) is 52.0 Å². The molecule has 2 amide bonds. The third kappa shape index (κ3) is 3.52. The third-order valence-corrected chi connectivity index (χ3v) is 8.89. The molecule has 0 fully saturated rings. The van der Waals surface area contributed by atoms with Crippen LogP contribution in [0.3, 0.4) is 0 Å². The van der Waals surface area contributed by atoms with Crippen molar-refractivity contribution in [1.29, 1.82) is 0 Å². The number of H-pyrrole nitrogens is 1. The Morgan fingerprint density at radius 2 is 1.00 bits per heavy atom. The van der Waals surface area contributed by atoms with Crippen molar-refractivity contribution >= 4 is 76.8 Å². The summed E-state index contributed by atoms with van der Waals surface area (Å²) < 4.78 is 1.83. The highest BCUT2D eigenvalue weighted by Gasteiger charge is 2.27. The molecule has 0 saturated carbocycles. The van der Waals surface area contributed by atoms with Gasteiger partial charge in [-0.05, 0) is 62.7 Å². The molecule has 0 bridgehead atoms. The van der Waals surface area contributed by atoms with Gasteiger partial charge in [-0.15, -0.1) is 34.0 Å². The number of aromatic nitrogens is 1. The van der Waals surface area contributed by atoms with Gasteiger partial charge < -0.3 is 0 Å². The predicted octanol–water partition coefficient (Wildman–Crippen LogP) is 5.18. The molecule has 1 aromatic carbocycles. The zero-order valence-electron chi connectivity index (χ0n) is 18.2. The van der Waals surface area contributed by atoms with Crippen molar-refractivity contribution in [2.24, 2.45) is 0 Å². The second-order valence-corrected chi connectivity index (χ2v) is 11.9. The lowest BCUT2D eigenvalue weighted by atomic mass is 10.0. The van der Waals surface area contributed by atoms with Gasteiger partial charge in [0.25, 0.3) is 22.9 Å². The lowest BCUT2D eigenvalue weighted by molar-refractivity contribution is 0.0879. The largest absolute Gasteiger partial charge is 0.288 e. The molecule has 0 atom stereocenters.